The smallest absolute Gasteiger partial charge is 0.181 e. The maximum absolute atomic E-state index is 12.9. The molecule has 2 bridgehead atoms. The molecule has 0 saturated carbocycles. The van der Waals surface area contributed by atoms with Crippen molar-refractivity contribution < 1.29 is 14.3 Å². The maximum Gasteiger partial charge on any atom is 0.181 e. The molecule has 6 rings (SSSR count). The zero-order valence-corrected chi connectivity index (χ0v) is 18.5. The number of rotatable bonds is 3. The highest BCUT2D eigenvalue weighted by molar-refractivity contribution is 5.97. The topological polar surface area (TPSA) is 54.6 Å². The third-order valence-corrected chi connectivity index (χ3v) is 8.47. The molecule has 4 unspecified atom stereocenters. The summed E-state index contributed by atoms with van der Waals surface area (Å²) in [7, 11) is 3.99. The van der Waals surface area contributed by atoms with E-state index in [4.69, 9.17) is 9.47 Å². The van der Waals surface area contributed by atoms with E-state index in [1.165, 1.54) is 16.7 Å². The summed E-state index contributed by atoms with van der Waals surface area (Å²) < 4.78 is 12.5. The van der Waals surface area contributed by atoms with Gasteiger partial charge in [0.15, 0.2) is 17.3 Å². The number of likely N-dealkylation sites (tertiary alicyclic amines) is 1. The van der Waals surface area contributed by atoms with Crippen molar-refractivity contribution in [3.05, 3.63) is 45.8 Å². The number of Topliss-reactive ketones (excluding diaryl/α,β-unsaturated/α-hetero) is 1. The number of hydrogen-bond donors (Lipinski definition) is 1. The fourth-order valence-electron chi connectivity index (χ4n) is 6.97. The van der Waals surface area contributed by atoms with Crippen LogP contribution in [0.4, 0.5) is 0 Å². The Balaban J connectivity index is 1.61. The molecule has 0 radical (unpaired) electrons. The lowest BCUT2D eigenvalue weighted by molar-refractivity contribution is -0.0256. The van der Waals surface area contributed by atoms with Gasteiger partial charge < -0.3 is 19.4 Å². The molecule has 1 spiro atoms. The predicted molar refractivity (Wildman–Crippen MR) is 115 cm³/mol. The molecular formula is C25H30N2O3. The van der Waals surface area contributed by atoms with E-state index in [2.05, 4.69) is 36.0 Å². The quantitative estimate of drug-likeness (QED) is 0.784. The van der Waals surface area contributed by atoms with Crippen LogP contribution in [0.25, 0.3) is 0 Å². The van der Waals surface area contributed by atoms with E-state index < -0.39 is 0 Å². The van der Waals surface area contributed by atoms with Gasteiger partial charge in [0.1, 0.15) is 6.10 Å². The van der Waals surface area contributed by atoms with Crippen LogP contribution in [-0.4, -0.2) is 42.4 Å². The Hall–Kier alpha value is -2.27. The molecule has 1 aromatic carbocycles. The molecule has 158 valence electrons. The molecule has 0 amide bonds. The maximum atomic E-state index is 12.9. The number of piperidine rings is 1. The number of ketones is 1. The van der Waals surface area contributed by atoms with E-state index in [0.29, 0.717) is 12.0 Å². The second kappa shape index (κ2) is 5.91. The monoisotopic (exact) mass is 406 g/mol. The second-order valence-corrected chi connectivity index (χ2v) is 10.0. The number of nitrogens with zero attached hydrogens (tertiary/aromatic N) is 1. The van der Waals surface area contributed by atoms with Crippen molar-refractivity contribution >= 4 is 5.78 Å². The minimum atomic E-state index is -0.0692. The van der Waals surface area contributed by atoms with Gasteiger partial charge in [-0.2, -0.15) is 0 Å². The van der Waals surface area contributed by atoms with E-state index in [1.807, 2.05) is 13.8 Å². The fraction of sp³-hybridized carbons (Fsp3) is 0.560. The summed E-state index contributed by atoms with van der Waals surface area (Å²) in [5.74, 6) is 2.42. The van der Waals surface area contributed by atoms with Crippen molar-refractivity contribution in [2.75, 3.05) is 20.7 Å². The van der Waals surface area contributed by atoms with Crippen molar-refractivity contribution in [1.29, 1.82) is 0 Å². The number of fused-ring (bicyclic) bond motifs is 2. The van der Waals surface area contributed by atoms with Gasteiger partial charge in [0.25, 0.3) is 0 Å². The number of aromatic amines is 1. The van der Waals surface area contributed by atoms with Crippen LogP contribution in [0, 0.1) is 18.8 Å². The first-order valence-electron chi connectivity index (χ1n) is 11.2. The standard InChI is InChI=1S/C25H30N2O3/c1-12(2)22(28)20-13(3)15-11-16-17-10-14-6-7-18(29-5)23-19(14)25(16,8-9-27(17)4)24(30-23)21(15)26-20/h6-7,12,16-17,24,26H,8-11H2,1-5H3. The molecule has 1 aromatic heterocycles. The highest BCUT2D eigenvalue weighted by Crippen LogP contribution is 2.67. The lowest BCUT2D eigenvalue weighted by Gasteiger charge is -2.57. The summed E-state index contributed by atoms with van der Waals surface area (Å²) in [6.07, 6.45) is 3.07. The molecule has 30 heavy (non-hydrogen) atoms. The van der Waals surface area contributed by atoms with Crippen LogP contribution in [0.2, 0.25) is 0 Å². The number of methoxy groups -OCH3 is 1. The molecule has 2 aliphatic carbocycles. The molecule has 5 nitrogen and oxygen atoms in total. The zero-order valence-electron chi connectivity index (χ0n) is 18.5. The lowest BCUT2D eigenvalue weighted by Crippen LogP contribution is -2.62. The second-order valence-electron chi connectivity index (χ2n) is 10.0. The van der Waals surface area contributed by atoms with Crippen LogP contribution in [0.5, 0.6) is 11.5 Å². The first-order valence-corrected chi connectivity index (χ1v) is 11.2. The van der Waals surface area contributed by atoms with Crippen molar-refractivity contribution in [1.82, 2.24) is 9.88 Å². The molecule has 4 atom stereocenters. The largest absolute Gasteiger partial charge is 0.493 e. The Labute approximate surface area is 177 Å². The summed E-state index contributed by atoms with van der Waals surface area (Å²) in [6.45, 7) is 7.13. The predicted octanol–water partition coefficient (Wildman–Crippen LogP) is 3.97. The molecule has 2 aliphatic heterocycles. The first kappa shape index (κ1) is 18.5. The third-order valence-electron chi connectivity index (χ3n) is 8.47. The number of carbonyl (C=O) groups is 1. The summed E-state index contributed by atoms with van der Waals surface area (Å²) in [4.78, 5) is 19.1. The summed E-state index contributed by atoms with van der Waals surface area (Å²) in [5, 5.41) is 0. The van der Waals surface area contributed by atoms with Gasteiger partial charge in [0.05, 0.1) is 18.5 Å². The van der Waals surface area contributed by atoms with E-state index in [-0.39, 0.29) is 23.2 Å². The number of carbonyl (C=O) groups excluding carboxylic acids is 1. The summed E-state index contributed by atoms with van der Waals surface area (Å²) in [6, 6.07) is 4.81. The minimum absolute atomic E-state index is 0.0250. The normalized spacial score (nSPS) is 30.7. The fourth-order valence-corrected chi connectivity index (χ4v) is 6.97. The van der Waals surface area contributed by atoms with Crippen LogP contribution >= 0.6 is 0 Å². The van der Waals surface area contributed by atoms with Crippen molar-refractivity contribution in [2.24, 2.45) is 11.8 Å². The molecule has 4 aliphatic rings. The Morgan fingerprint density at radius 3 is 2.87 bits per heavy atom. The van der Waals surface area contributed by atoms with Crippen molar-refractivity contribution in [3.63, 3.8) is 0 Å². The molecule has 1 saturated heterocycles. The van der Waals surface area contributed by atoms with Crippen LogP contribution in [0.1, 0.15) is 64.8 Å². The van der Waals surface area contributed by atoms with E-state index in [0.717, 1.165) is 54.3 Å². The van der Waals surface area contributed by atoms with Gasteiger partial charge in [-0.1, -0.05) is 19.9 Å². The molecule has 1 N–H and O–H groups in total. The van der Waals surface area contributed by atoms with Gasteiger partial charge in [-0.05, 0) is 68.5 Å². The summed E-state index contributed by atoms with van der Waals surface area (Å²) in [5.41, 5.74) is 7.10. The van der Waals surface area contributed by atoms with E-state index in [9.17, 15) is 4.79 Å². The number of hydrogen-bond acceptors (Lipinski definition) is 4. The average Bonchev–Trinajstić information content (AvgIpc) is 3.24. The first-order chi connectivity index (χ1) is 14.4. The SMILES string of the molecule is COc1ccc2c3c1OC1c4[nH]c(C(=O)C(C)C)c(C)c4CC4C(C2)N(C)CCC314. The molecular weight excluding hydrogens is 376 g/mol. The number of likely N-dealkylation sites (N-methyl/N-ethyl adjacent to an activating group) is 1. The van der Waals surface area contributed by atoms with Crippen molar-refractivity contribution in [2.45, 2.75) is 57.6 Å². The van der Waals surface area contributed by atoms with Crippen LogP contribution < -0.4 is 9.47 Å². The number of benzene rings is 1. The number of nitrogens with one attached hydrogen (secondary N) is 1. The highest BCUT2D eigenvalue weighted by Gasteiger charge is 2.65. The molecule has 1 fully saturated rings. The van der Waals surface area contributed by atoms with Gasteiger partial charge in [0.2, 0.25) is 0 Å². The van der Waals surface area contributed by atoms with Gasteiger partial charge >= 0.3 is 0 Å². The Kier molecular flexibility index (Phi) is 3.64. The van der Waals surface area contributed by atoms with Gasteiger partial charge in [-0.15, -0.1) is 0 Å². The Bertz CT molecular complexity index is 1080. The lowest BCUT2D eigenvalue weighted by atomic mass is 9.51. The number of aromatic nitrogens is 1. The Morgan fingerprint density at radius 1 is 1.33 bits per heavy atom. The minimum Gasteiger partial charge on any atom is -0.493 e. The van der Waals surface area contributed by atoms with E-state index in [1.54, 1.807) is 7.11 Å². The number of H-pyrrole nitrogens is 1. The molecule has 3 heterocycles. The van der Waals surface area contributed by atoms with Gasteiger partial charge in [0, 0.05) is 22.9 Å². The van der Waals surface area contributed by atoms with E-state index >= 15 is 0 Å². The van der Waals surface area contributed by atoms with Crippen molar-refractivity contribution in [3.8, 4) is 11.5 Å². The number of ether oxygens (including phenoxy) is 2. The Morgan fingerprint density at radius 2 is 2.13 bits per heavy atom. The van der Waals surface area contributed by atoms with Gasteiger partial charge in [-0.25, -0.2) is 0 Å². The molecule has 5 heteroatoms. The highest BCUT2D eigenvalue weighted by atomic mass is 16.5. The molecule has 2 aromatic rings. The van der Waals surface area contributed by atoms with Gasteiger partial charge in [-0.3, -0.25) is 4.79 Å². The van der Waals surface area contributed by atoms with Crippen LogP contribution in [0.15, 0.2) is 12.1 Å². The van der Waals surface area contributed by atoms with Crippen LogP contribution in [-0.2, 0) is 18.3 Å². The average molecular weight is 407 g/mol. The summed E-state index contributed by atoms with van der Waals surface area (Å²) >= 11 is 0. The zero-order chi connectivity index (χ0) is 20.9. The third kappa shape index (κ3) is 2.00. The van der Waals surface area contributed by atoms with Crippen LogP contribution in [0.3, 0.4) is 0 Å².